The highest BCUT2D eigenvalue weighted by Crippen LogP contribution is 2.01. The van der Waals surface area contributed by atoms with Crippen molar-refractivity contribution < 1.29 is 0 Å². The van der Waals surface area contributed by atoms with Gasteiger partial charge in [-0.1, -0.05) is 20.8 Å². The van der Waals surface area contributed by atoms with Crippen molar-refractivity contribution in [2.75, 3.05) is 19.6 Å². The third-order valence-electron chi connectivity index (χ3n) is 2.10. The number of hydrogen-bond acceptors (Lipinski definition) is 3. The van der Waals surface area contributed by atoms with Crippen LogP contribution in [-0.2, 0) is 0 Å². The molecule has 1 aliphatic rings. The Morgan fingerprint density at radius 3 is 1.62 bits per heavy atom. The molecule has 1 fully saturated rings. The summed E-state index contributed by atoms with van der Waals surface area (Å²) in [6.07, 6.45) is 1.18. The zero-order valence-corrected chi connectivity index (χ0v) is 8.90. The first-order valence-corrected chi connectivity index (χ1v) is 5.12. The van der Waals surface area contributed by atoms with E-state index in [4.69, 9.17) is 0 Å². The molecule has 13 heavy (non-hydrogen) atoms. The monoisotopic (exact) mass is 176 g/mol. The van der Waals surface area contributed by atoms with Crippen LogP contribution in [0, 0.1) is 0 Å². The number of rotatable bonds is 4. The van der Waals surface area contributed by atoms with Gasteiger partial charge in [0, 0.05) is 0 Å². The van der Waals surface area contributed by atoms with Gasteiger partial charge in [0.2, 0.25) is 0 Å². The lowest BCUT2D eigenvalue weighted by Gasteiger charge is -2.38. The molecule has 0 unspecified atom stereocenters. The Balaban J connectivity index is 2.39. The molecule has 3 radical (unpaired) electrons. The summed E-state index contributed by atoms with van der Waals surface area (Å²) in [5, 5.41) is 0. The Labute approximate surface area is 84.3 Å². The highest BCUT2D eigenvalue weighted by molar-refractivity contribution is 6.64. The van der Waals surface area contributed by atoms with Crippen LogP contribution in [0.25, 0.3) is 0 Å². The van der Waals surface area contributed by atoms with E-state index in [-0.39, 0.29) is 0 Å². The van der Waals surface area contributed by atoms with Crippen molar-refractivity contribution in [2.45, 2.75) is 27.2 Å². The lowest BCUT2D eigenvalue weighted by molar-refractivity contribution is 0.493. The highest BCUT2D eigenvalue weighted by Gasteiger charge is 2.25. The molecular weight excluding hydrogens is 159 g/mol. The van der Waals surface area contributed by atoms with Crippen molar-refractivity contribution >= 4 is 22.6 Å². The molecule has 0 aromatic carbocycles. The van der Waals surface area contributed by atoms with Crippen molar-refractivity contribution in [1.82, 2.24) is 14.2 Å². The van der Waals surface area contributed by atoms with Crippen molar-refractivity contribution in [2.24, 2.45) is 0 Å². The molecule has 0 N–H and O–H groups in total. The van der Waals surface area contributed by atoms with Crippen LogP contribution in [0.5, 0.6) is 0 Å². The van der Waals surface area contributed by atoms with Crippen LogP contribution in [0.15, 0.2) is 0 Å². The molecule has 6 heteroatoms. The highest BCUT2D eigenvalue weighted by atomic mass is 15.3. The van der Waals surface area contributed by atoms with Crippen LogP contribution in [0.1, 0.15) is 27.2 Å². The second kappa shape index (κ2) is 5.73. The van der Waals surface area contributed by atoms with Crippen LogP contribution in [0.4, 0.5) is 0 Å². The topological polar surface area (TPSA) is 9.72 Å². The van der Waals surface area contributed by atoms with Gasteiger partial charge < -0.3 is 14.2 Å². The maximum atomic E-state index is 2.24. The molecule has 0 aliphatic carbocycles. The van der Waals surface area contributed by atoms with Crippen LogP contribution in [0.3, 0.4) is 0 Å². The fraction of sp³-hybridized carbons (Fsp3) is 1.00. The van der Waals surface area contributed by atoms with Gasteiger partial charge in [-0.15, -0.1) is 0 Å². The minimum absolute atomic E-state index is 1.03. The van der Waals surface area contributed by atoms with Crippen LogP contribution < -0.4 is 0 Å². The molecular formula is C7H17B3N3. The van der Waals surface area contributed by atoms with Gasteiger partial charge in [-0.2, -0.15) is 0 Å². The van der Waals surface area contributed by atoms with Crippen molar-refractivity contribution in [3.63, 3.8) is 0 Å². The van der Waals surface area contributed by atoms with E-state index in [1.54, 1.807) is 0 Å². The molecule has 0 atom stereocenters. The third kappa shape index (κ3) is 3.37. The fourth-order valence-corrected chi connectivity index (χ4v) is 1.36. The fourth-order valence-electron chi connectivity index (χ4n) is 1.36. The summed E-state index contributed by atoms with van der Waals surface area (Å²) in [5.41, 5.74) is 0. The summed E-state index contributed by atoms with van der Waals surface area (Å²) in [4.78, 5) is 0. The van der Waals surface area contributed by atoms with Gasteiger partial charge >= 0.3 is 0 Å². The quantitative estimate of drug-likeness (QED) is 0.556. The average molecular weight is 176 g/mol. The Morgan fingerprint density at radius 2 is 1.23 bits per heavy atom. The normalized spacial score (nSPS) is 20.5. The van der Waals surface area contributed by atoms with Gasteiger partial charge in [0.05, 0.1) is 0 Å². The SMILES string of the molecule is CCCN1[B]N(CC)[B]N(CC)[B]1. The molecule has 3 nitrogen and oxygen atoms in total. The zero-order chi connectivity index (χ0) is 9.68. The molecule has 1 heterocycles. The van der Waals surface area contributed by atoms with E-state index in [2.05, 4.69) is 57.6 Å². The molecule has 0 aromatic rings. The van der Waals surface area contributed by atoms with E-state index in [9.17, 15) is 0 Å². The minimum Gasteiger partial charge on any atom is -0.365 e. The maximum Gasteiger partial charge on any atom is 0.290 e. The Kier molecular flexibility index (Phi) is 4.92. The molecule has 0 aromatic heterocycles. The molecule has 0 bridgehead atoms. The molecule has 1 saturated heterocycles. The molecule has 0 amide bonds. The van der Waals surface area contributed by atoms with E-state index in [1.165, 1.54) is 6.42 Å². The van der Waals surface area contributed by atoms with Crippen molar-refractivity contribution in [3.05, 3.63) is 0 Å². The second-order valence-corrected chi connectivity index (χ2v) is 3.25. The summed E-state index contributed by atoms with van der Waals surface area (Å²) in [6, 6.07) is 0. The van der Waals surface area contributed by atoms with Gasteiger partial charge in [0.15, 0.2) is 0 Å². The van der Waals surface area contributed by atoms with Gasteiger partial charge in [-0.05, 0) is 26.1 Å². The average Bonchev–Trinajstić information content (AvgIpc) is 2.17. The van der Waals surface area contributed by atoms with Gasteiger partial charge in [-0.3, -0.25) is 0 Å². The molecule has 0 saturated carbocycles. The predicted molar refractivity (Wildman–Crippen MR) is 59.0 cm³/mol. The van der Waals surface area contributed by atoms with Gasteiger partial charge in [0.1, 0.15) is 0 Å². The number of hydrogen-bond donors (Lipinski definition) is 0. The minimum atomic E-state index is 1.03. The molecule has 0 spiro atoms. The third-order valence-corrected chi connectivity index (χ3v) is 2.10. The predicted octanol–water partition coefficient (Wildman–Crippen LogP) is -0.0416. The maximum absolute atomic E-state index is 2.24. The Morgan fingerprint density at radius 1 is 0.769 bits per heavy atom. The van der Waals surface area contributed by atoms with Crippen LogP contribution >= 0.6 is 0 Å². The van der Waals surface area contributed by atoms with Crippen molar-refractivity contribution in [3.8, 4) is 0 Å². The van der Waals surface area contributed by atoms with Crippen LogP contribution in [-0.4, -0.2) is 56.4 Å². The standard InChI is InChI=1S/C7H17B3N3/c1-4-7-13-9-11(5-2)8-12(6-3)10-13/h4-7H2,1-3H3. The van der Waals surface area contributed by atoms with E-state index in [0.717, 1.165) is 19.6 Å². The van der Waals surface area contributed by atoms with E-state index in [1.807, 2.05) is 0 Å². The lowest BCUT2D eigenvalue weighted by Crippen LogP contribution is -2.61. The van der Waals surface area contributed by atoms with Crippen LogP contribution in [0.2, 0.25) is 0 Å². The molecule has 1 rings (SSSR count). The number of nitrogens with zero attached hydrogens (tertiary/aromatic N) is 3. The zero-order valence-electron chi connectivity index (χ0n) is 8.90. The second-order valence-electron chi connectivity index (χ2n) is 3.25. The largest absolute Gasteiger partial charge is 0.365 e. The smallest absolute Gasteiger partial charge is 0.290 e. The van der Waals surface area contributed by atoms with E-state index in [0.29, 0.717) is 0 Å². The summed E-state index contributed by atoms with van der Waals surface area (Å²) in [7, 11) is 6.47. The first-order chi connectivity index (χ1) is 6.30. The summed E-state index contributed by atoms with van der Waals surface area (Å²) < 4.78 is 6.66. The van der Waals surface area contributed by atoms with Crippen molar-refractivity contribution in [1.29, 1.82) is 0 Å². The molecule has 69 valence electrons. The Hall–Kier alpha value is 0.0748. The van der Waals surface area contributed by atoms with E-state index < -0.39 is 0 Å². The first-order valence-electron chi connectivity index (χ1n) is 5.12. The Bertz CT molecular complexity index is 135. The first kappa shape index (κ1) is 11.2. The molecule has 1 aliphatic heterocycles. The van der Waals surface area contributed by atoms with Gasteiger partial charge in [-0.25, -0.2) is 0 Å². The van der Waals surface area contributed by atoms with E-state index >= 15 is 0 Å². The lowest BCUT2D eigenvalue weighted by atomic mass is 9.74. The summed E-state index contributed by atoms with van der Waals surface area (Å²) in [5.74, 6) is 0. The van der Waals surface area contributed by atoms with Gasteiger partial charge in [0.25, 0.3) is 22.6 Å². The summed E-state index contributed by atoms with van der Waals surface area (Å²) >= 11 is 0. The summed E-state index contributed by atoms with van der Waals surface area (Å²) in [6.45, 7) is 9.69.